The summed E-state index contributed by atoms with van der Waals surface area (Å²) >= 11 is 5.97. The lowest BCUT2D eigenvalue weighted by Gasteiger charge is -2.25. The van der Waals surface area contributed by atoms with E-state index in [9.17, 15) is 0 Å². The maximum atomic E-state index is 5.97. The summed E-state index contributed by atoms with van der Waals surface area (Å²) in [6, 6.07) is 8.24. The van der Waals surface area contributed by atoms with E-state index in [4.69, 9.17) is 16.3 Å². The van der Waals surface area contributed by atoms with E-state index < -0.39 is 0 Å². The molecular formula is C18H30ClNO. The average Bonchev–Trinajstić information content (AvgIpc) is 2.45. The highest BCUT2D eigenvalue weighted by atomic mass is 35.5. The van der Waals surface area contributed by atoms with E-state index in [-0.39, 0.29) is 0 Å². The van der Waals surface area contributed by atoms with Gasteiger partial charge in [0.05, 0.1) is 0 Å². The third-order valence-electron chi connectivity index (χ3n) is 3.95. The summed E-state index contributed by atoms with van der Waals surface area (Å²) in [5.41, 5.74) is 1.36. The lowest BCUT2D eigenvalue weighted by Crippen LogP contribution is -2.31. The lowest BCUT2D eigenvalue weighted by atomic mass is 9.86. The van der Waals surface area contributed by atoms with Gasteiger partial charge in [-0.05, 0) is 61.4 Å². The van der Waals surface area contributed by atoms with Crippen LogP contribution in [0.1, 0.15) is 32.8 Å². The topological polar surface area (TPSA) is 21.3 Å². The van der Waals surface area contributed by atoms with Crippen LogP contribution in [0.3, 0.4) is 0 Å². The van der Waals surface area contributed by atoms with Gasteiger partial charge in [-0.2, -0.15) is 0 Å². The number of methoxy groups -OCH3 is 1. The average molecular weight is 312 g/mol. The molecule has 2 atom stereocenters. The summed E-state index contributed by atoms with van der Waals surface area (Å²) < 4.78 is 5.23. The summed E-state index contributed by atoms with van der Waals surface area (Å²) in [4.78, 5) is 0. The highest BCUT2D eigenvalue weighted by Gasteiger charge is 2.17. The van der Waals surface area contributed by atoms with Gasteiger partial charge in [-0.15, -0.1) is 0 Å². The molecule has 21 heavy (non-hydrogen) atoms. The molecule has 0 bridgehead atoms. The van der Waals surface area contributed by atoms with Crippen molar-refractivity contribution >= 4 is 11.6 Å². The van der Waals surface area contributed by atoms with Gasteiger partial charge in [0.15, 0.2) is 0 Å². The molecule has 1 N–H and O–H groups in total. The van der Waals surface area contributed by atoms with Gasteiger partial charge in [-0.25, -0.2) is 0 Å². The first-order valence-electron chi connectivity index (χ1n) is 7.97. The van der Waals surface area contributed by atoms with E-state index in [1.54, 1.807) is 7.11 Å². The van der Waals surface area contributed by atoms with Gasteiger partial charge in [0.2, 0.25) is 0 Å². The Morgan fingerprint density at radius 3 is 2.33 bits per heavy atom. The highest BCUT2D eigenvalue weighted by Crippen LogP contribution is 2.21. The molecule has 0 radical (unpaired) electrons. The molecule has 0 aliphatic rings. The van der Waals surface area contributed by atoms with Crippen LogP contribution in [0.15, 0.2) is 24.3 Å². The van der Waals surface area contributed by atoms with E-state index in [1.807, 2.05) is 12.1 Å². The third-order valence-corrected chi connectivity index (χ3v) is 4.20. The fraction of sp³-hybridized carbons (Fsp3) is 0.667. The van der Waals surface area contributed by atoms with Crippen molar-refractivity contribution in [1.29, 1.82) is 0 Å². The molecule has 120 valence electrons. The van der Waals surface area contributed by atoms with Crippen LogP contribution in [-0.2, 0) is 11.2 Å². The van der Waals surface area contributed by atoms with Crippen LogP contribution >= 0.6 is 11.6 Å². The molecule has 0 aliphatic heterocycles. The smallest absolute Gasteiger partial charge is 0.0464 e. The number of rotatable bonds is 10. The first-order valence-corrected chi connectivity index (χ1v) is 8.34. The fourth-order valence-electron chi connectivity index (χ4n) is 2.49. The predicted molar refractivity (Wildman–Crippen MR) is 92.0 cm³/mol. The Morgan fingerprint density at radius 2 is 1.76 bits per heavy atom. The molecular weight excluding hydrogens is 282 g/mol. The summed E-state index contributed by atoms with van der Waals surface area (Å²) in [6.45, 7) is 9.80. The van der Waals surface area contributed by atoms with Crippen molar-refractivity contribution in [3.05, 3.63) is 34.9 Å². The Morgan fingerprint density at radius 1 is 1.10 bits per heavy atom. The molecule has 1 aromatic carbocycles. The molecule has 2 unspecified atom stereocenters. The lowest BCUT2D eigenvalue weighted by molar-refractivity contribution is 0.163. The molecule has 0 fully saturated rings. The summed E-state index contributed by atoms with van der Waals surface area (Å²) in [5.74, 6) is 1.95. The Kier molecular flexibility index (Phi) is 8.98. The Bertz CT molecular complexity index is 377. The Hall–Kier alpha value is -0.570. The fourth-order valence-corrected chi connectivity index (χ4v) is 2.62. The predicted octanol–water partition coefficient (Wildman–Crippen LogP) is 4.42. The first kappa shape index (κ1) is 18.5. The third kappa shape index (κ3) is 7.85. The summed E-state index contributed by atoms with van der Waals surface area (Å²) in [6.07, 6.45) is 2.20. The highest BCUT2D eigenvalue weighted by molar-refractivity contribution is 6.30. The van der Waals surface area contributed by atoms with Gasteiger partial charge < -0.3 is 10.1 Å². The van der Waals surface area contributed by atoms with Gasteiger partial charge in [-0.3, -0.25) is 0 Å². The second-order valence-corrected chi connectivity index (χ2v) is 6.84. The maximum absolute atomic E-state index is 5.97. The van der Waals surface area contributed by atoms with Crippen LogP contribution in [0.5, 0.6) is 0 Å². The molecule has 3 heteroatoms. The molecule has 0 heterocycles. The van der Waals surface area contributed by atoms with Crippen LogP contribution in [0.2, 0.25) is 5.02 Å². The van der Waals surface area contributed by atoms with Crippen molar-refractivity contribution in [2.24, 2.45) is 17.8 Å². The molecule has 0 spiro atoms. The minimum absolute atomic E-state index is 0.625. The summed E-state index contributed by atoms with van der Waals surface area (Å²) in [7, 11) is 1.78. The molecule has 0 aliphatic carbocycles. The van der Waals surface area contributed by atoms with E-state index in [0.29, 0.717) is 17.8 Å². The number of ether oxygens (including phenoxy) is 1. The van der Waals surface area contributed by atoms with E-state index in [2.05, 4.69) is 38.2 Å². The number of benzene rings is 1. The van der Waals surface area contributed by atoms with Gasteiger partial charge in [-0.1, -0.05) is 44.5 Å². The molecule has 1 rings (SSSR count). The van der Waals surface area contributed by atoms with Crippen molar-refractivity contribution in [3.63, 3.8) is 0 Å². The number of nitrogens with one attached hydrogen (secondary N) is 1. The Labute approximate surface area is 135 Å². The molecule has 1 aromatic rings. The zero-order valence-corrected chi connectivity index (χ0v) is 14.6. The van der Waals surface area contributed by atoms with Crippen LogP contribution in [0.4, 0.5) is 0 Å². The van der Waals surface area contributed by atoms with Gasteiger partial charge in [0.1, 0.15) is 0 Å². The monoisotopic (exact) mass is 311 g/mol. The second kappa shape index (κ2) is 10.2. The standard InChI is InChI=1S/C18H30ClNO/c1-14(2)12-20-13-17(15(3)9-10-21-4)11-16-5-7-18(19)8-6-16/h5-8,14-15,17,20H,9-13H2,1-4H3. The first-order chi connectivity index (χ1) is 10.0. The largest absolute Gasteiger partial charge is 0.385 e. The van der Waals surface area contributed by atoms with Crippen LogP contribution in [0.25, 0.3) is 0 Å². The number of halogens is 1. The normalized spacial score (nSPS) is 14.4. The van der Waals surface area contributed by atoms with E-state index in [1.165, 1.54) is 5.56 Å². The van der Waals surface area contributed by atoms with Crippen LogP contribution in [-0.4, -0.2) is 26.8 Å². The van der Waals surface area contributed by atoms with Gasteiger partial charge in [0, 0.05) is 18.7 Å². The van der Waals surface area contributed by atoms with Crippen molar-refractivity contribution in [1.82, 2.24) is 5.32 Å². The van der Waals surface area contributed by atoms with Gasteiger partial charge >= 0.3 is 0 Å². The molecule has 0 aromatic heterocycles. The number of hydrogen-bond donors (Lipinski definition) is 1. The van der Waals surface area contributed by atoms with Crippen molar-refractivity contribution < 1.29 is 4.74 Å². The van der Waals surface area contributed by atoms with Crippen LogP contribution in [0, 0.1) is 17.8 Å². The maximum Gasteiger partial charge on any atom is 0.0464 e. The molecule has 2 nitrogen and oxygen atoms in total. The van der Waals surface area contributed by atoms with Crippen LogP contribution < -0.4 is 5.32 Å². The number of hydrogen-bond acceptors (Lipinski definition) is 2. The summed E-state index contributed by atoms with van der Waals surface area (Å²) in [5, 5.41) is 4.41. The zero-order valence-electron chi connectivity index (χ0n) is 13.9. The quantitative estimate of drug-likeness (QED) is 0.691. The second-order valence-electron chi connectivity index (χ2n) is 6.40. The Balaban J connectivity index is 2.59. The van der Waals surface area contributed by atoms with Gasteiger partial charge in [0.25, 0.3) is 0 Å². The SMILES string of the molecule is COCCC(C)C(CNCC(C)C)Cc1ccc(Cl)cc1. The molecule has 0 saturated heterocycles. The minimum Gasteiger partial charge on any atom is -0.385 e. The minimum atomic E-state index is 0.625. The molecule has 0 saturated carbocycles. The van der Waals surface area contributed by atoms with E-state index in [0.717, 1.165) is 37.6 Å². The zero-order chi connectivity index (χ0) is 15.7. The van der Waals surface area contributed by atoms with Crippen molar-refractivity contribution in [2.45, 2.75) is 33.6 Å². The molecule has 0 amide bonds. The van der Waals surface area contributed by atoms with Crippen molar-refractivity contribution in [3.8, 4) is 0 Å². The van der Waals surface area contributed by atoms with E-state index >= 15 is 0 Å². The van der Waals surface area contributed by atoms with Crippen molar-refractivity contribution in [2.75, 3.05) is 26.8 Å².